The van der Waals surface area contributed by atoms with E-state index in [2.05, 4.69) is 30.8 Å². The molecule has 270 valence electrons. The Morgan fingerprint density at radius 2 is 1.57 bits per heavy atom. The van der Waals surface area contributed by atoms with Gasteiger partial charge in [-0.05, 0) is 105 Å². The second-order valence-corrected chi connectivity index (χ2v) is 18.4. The van der Waals surface area contributed by atoms with Crippen molar-refractivity contribution < 1.29 is 50.4 Å². The molecule has 13 atom stereocenters. The summed E-state index contributed by atoms with van der Waals surface area (Å²) in [7, 11) is -8.84. The molecule has 3 unspecified atom stereocenters. The minimum Gasteiger partial charge on any atom is -0.390 e. The van der Waals surface area contributed by atoms with Crippen LogP contribution >= 0.6 is 0 Å². The van der Waals surface area contributed by atoms with Crippen LogP contribution in [-0.4, -0.2) is 97.1 Å². The van der Waals surface area contributed by atoms with Crippen LogP contribution in [0, 0.1) is 46.3 Å². The molecule has 4 fully saturated rings. The Kier molecular flexibility index (Phi) is 12.2. The molecule has 0 spiro atoms. The van der Waals surface area contributed by atoms with E-state index in [9.17, 15) is 40.9 Å². The number of ether oxygens (including phenoxy) is 2. The maximum absolute atomic E-state index is 11.9. The molecule has 0 bridgehead atoms. The van der Waals surface area contributed by atoms with E-state index in [1.165, 1.54) is 0 Å². The lowest BCUT2D eigenvalue weighted by atomic mass is 9.43. The number of hydrogen-bond acceptors (Lipinski definition) is 10. The number of rotatable bonds is 15. The van der Waals surface area contributed by atoms with Crippen LogP contribution in [0.25, 0.3) is 10.4 Å². The lowest BCUT2D eigenvalue weighted by Crippen LogP contribution is -2.63. The Balaban J connectivity index is 1.72. The molecule has 0 saturated heterocycles. The number of carbonyl (C=O) groups excluding carboxylic acids is 1. The van der Waals surface area contributed by atoms with Gasteiger partial charge in [-0.15, -0.1) is 0 Å². The second-order valence-electron chi connectivity index (χ2n) is 15.4. The summed E-state index contributed by atoms with van der Waals surface area (Å²) in [4.78, 5) is 15.0. The van der Waals surface area contributed by atoms with Crippen molar-refractivity contribution in [1.82, 2.24) is 0 Å². The molecule has 14 nitrogen and oxygen atoms in total. The summed E-state index contributed by atoms with van der Waals surface area (Å²) in [6.45, 7) is 7.62. The molecule has 4 saturated carbocycles. The third kappa shape index (κ3) is 8.87. The fourth-order valence-electron chi connectivity index (χ4n) is 10.4. The van der Waals surface area contributed by atoms with Crippen molar-refractivity contribution in [2.45, 2.75) is 116 Å². The van der Waals surface area contributed by atoms with E-state index in [1.807, 2.05) is 0 Å². The minimum absolute atomic E-state index is 0.00259. The highest BCUT2D eigenvalue weighted by molar-refractivity contribution is 7.86. The van der Waals surface area contributed by atoms with Crippen LogP contribution < -0.4 is 0 Å². The highest BCUT2D eigenvalue weighted by Crippen LogP contribution is 2.69. The molecule has 0 radical (unpaired) electrons. The van der Waals surface area contributed by atoms with Crippen LogP contribution in [0.1, 0.15) is 85.5 Å². The largest absolute Gasteiger partial charge is 0.390 e. The first-order valence-electron chi connectivity index (χ1n) is 16.8. The lowest BCUT2D eigenvalue weighted by Gasteiger charge is -2.64. The maximum atomic E-state index is 11.9. The average molecular weight is 708 g/mol. The normalized spacial score (nSPS) is 39.1. The van der Waals surface area contributed by atoms with Gasteiger partial charge < -0.3 is 24.5 Å². The zero-order valence-corrected chi connectivity index (χ0v) is 29.5. The van der Waals surface area contributed by atoms with Gasteiger partial charge in [0.05, 0.1) is 37.6 Å². The third-order valence-corrected chi connectivity index (χ3v) is 14.0. The van der Waals surface area contributed by atoms with E-state index in [-0.39, 0.29) is 78.2 Å². The summed E-state index contributed by atoms with van der Waals surface area (Å²) >= 11 is 0. The van der Waals surface area contributed by atoms with Gasteiger partial charge in [-0.3, -0.25) is 9.11 Å². The van der Waals surface area contributed by atoms with E-state index in [0.717, 1.165) is 25.7 Å². The van der Waals surface area contributed by atoms with Crippen molar-refractivity contribution >= 4 is 26.0 Å². The van der Waals surface area contributed by atoms with Gasteiger partial charge in [-0.1, -0.05) is 25.9 Å². The lowest BCUT2D eigenvalue weighted by molar-refractivity contribution is -0.227. The van der Waals surface area contributed by atoms with Crippen molar-refractivity contribution in [1.29, 1.82) is 0 Å². The Hall–Kier alpha value is -1.36. The van der Waals surface area contributed by atoms with Crippen molar-refractivity contribution in [3.63, 3.8) is 0 Å². The van der Waals surface area contributed by atoms with E-state index in [0.29, 0.717) is 32.1 Å². The number of aliphatic hydroxyl groups is 2. The van der Waals surface area contributed by atoms with Crippen LogP contribution in [0.2, 0.25) is 0 Å². The summed E-state index contributed by atoms with van der Waals surface area (Å²) in [6.07, 6.45) is 2.68. The van der Waals surface area contributed by atoms with E-state index in [4.69, 9.17) is 15.0 Å². The zero-order chi connectivity index (χ0) is 34.9. The molecule has 0 heterocycles. The highest BCUT2D eigenvalue weighted by Gasteiger charge is 2.66. The number of fused-ring (bicyclic) bond motifs is 5. The molecule has 0 aromatic rings. The first kappa shape index (κ1) is 38.4. The molecule has 47 heavy (non-hydrogen) atoms. The molecule has 0 aliphatic heterocycles. The van der Waals surface area contributed by atoms with E-state index in [1.54, 1.807) is 6.92 Å². The monoisotopic (exact) mass is 707 g/mol. The van der Waals surface area contributed by atoms with Gasteiger partial charge in [0.15, 0.2) is 0 Å². The van der Waals surface area contributed by atoms with Gasteiger partial charge in [-0.2, -0.15) is 16.8 Å². The van der Waals surface area contributed by atoms with Crippen LogP contribution in [0.15, 0.2) is 5.11 Å². The molecule has 0 aromatic heterocycles. The smallest absolute Gasteiger partial charge is 0.267 e. The van der Waals surface area contributed by atoms with Crippen molar-refractivity contribution in [2.24, 2.45) is 51.5 Å². The zero-order valence-electron chi connectivity index (χ0n) is 27.8. The van der Waals surface area contributed by atoms with Gasteiger partial charge >= 0.3 is 0 Å². The average Bonchev–Trinajstić information content (AvgIpc) is 3.30. The van der Waals surface area contributed by atoms with Gasteiger partial charge in [0, 0.05) is 22.8 Å². The summed E-state index contributed by atoms with van der Waals surface area (Å²) in [5.41, 5.74) is 8.53. The molecule has 4 rings (SSSR count). The topological polar surface area (TPSA) is 233 Å². The molecule has 4 aliphatic carbocycles. The number of nitrogens with zero attached hydrogens (tertiary/aromatic N) is 3. The van der Waals surface area contributed by atoms with Crippen LogP contribution in [-0.2, 0) is 34.5 Å². The number of ketones is 1. The summed E-state index contributed by atoms with van der Waals surface area (Å²) < 4.78 is 77.4. The van der Waals surface area contributed by atoms with Gasteiger partial charge in [0.1, 0.15) is 17.3 Å². The SMILES string of the molecule is CC(=O)CCC(C)[C@H]1CC[C@H]2[C@@H]3[C@H](OCC(O)CS(=O)(=O)O)C[C@@H]4C[C@H](N=[N+]=[N-])CC[C@]4(C)[C@H]3C[C@H](OCC(O)CS(=O)(=O)O)[C@]12C. The predicted octanol–water partition coefficient (Wildman–Crippen LogP) is 3.82. The predicted molar refractivity (Wildman–Crippen MR) is 172 cm³/mol. The fraction of sp³-hybridized carbons (Fsp3) is 0.968. The molecular formula is C31H53N3O11S2. The van der Waals surface area contributed by atoms with E-state index < -0.39 is 49.4 Å². The number of carbonyl (C=O) groups is 1. The molecule has 4 aliphatic rings. The molecular weight excluding hydrogens is 654 g/mol. The van der Waals surface area contributed by atoms with Crippen molar-refractivity contribution in [3.8, 4) is 0 Å². The Morgan fingerprint density at radius 1 is 0.957 bits per heavy atom. The Bertz CT molecular complexity index is 1390. The maximum Gasteiger partial charge on any atom is 0.267 e. The molecule has 4 N–H and O–H groups in total. The number of Topliss-reactive ketones (excluding diaryl/α,β-unsaturated/α-hetero) is 1. The third-order valence-electron chi connectivity index (χ3n) is 12.4. The first-order valence-corrected chi connectivity index (χ1v) is 20.0. The van der Waals surface area contributed by atoms with Crippen LogP contribution in [0.4, 0.5) is 0 Å². The Morgan fingerprint density at radius 3 is 2.15 bits per heavy atom. The highest BCUT2D eigenvalue weighted by atomic mass is 32.2. The van der Waals surface area contributed by atoms with Gasteiger partial charge in [0.25, 0.3) is 20.2 Å². The second kappa shape index (κ2) is 14.9. The minimum atomic E-state index is -4.42. The number of aliphatic hydroxyl groups excluding tert-OH is 2. The fourth-order valence-corrected chi connectivity index (χ4v) is 11.5. The van der Waals surface area contributed by atoms with Crippen LogP contribution in [0.3, 0.4) is 0 Å². The summed E-state index contributed by atoms with van der Waals surface area (Å²) in [5.74, 6) is -1.05. The Labute approximate surface area is 278 Å². The number of azide groups is 1. The molecule has 0 amide bonds. The van der Waals surface area contributed by atoms with Gasteiger partial charge in [-0.25, -0.2) is 0 Å². The summed E-state index contributed by atoms with van der Waals surface area (Å²) in [6, 6.07) is -0.171. The quantitative estimate of drug-likeness (QED) is 0.0827. The van der Waals surface area contributed by atoms with Gasteiger partial charge in [0.2, 0.25) is 0 Å². The van der Waals surface area contributed by atoms with E-state index >= 15 is 0 Å². The van der Waals surface area contributed by atoms with Crippen molar-refractivity contribution in [2.75, 3.05) is 24.7 Å². The molecule has 0 aromatic carbocycles. The number of hydrogen-bond donors (Lipinski definition) is 4. The van der Waals surface area contributed by atoms with Crippen LogP contribution in [0.5, 0.6) is 0 Å². The summed E-state index contributed by atoms with van der Waals surface area (Å²) in [5, 5.41) is 25.0. The first-order chi connectivity index (χ1) is 21.8. The molecule has 16 heteroatoms. The standard InChI is InChI=1S/C31H53N3O11S2/c1-18(5-6-19(2)35)24-7-8-25-29-26(13-28(31(24,25)4)45-15-23(37)17-47(41,42)43)30(3)10-9-21(33-34-32)11-20(30)12-27(29)44-14-22(36)16-46(38,39)40/h18,20-29,36-37H,5-17H2,1-4H3,(H,38,39,40)(H,41,42,43)/t18?,20-,21+,22?,23?,24+,25-,26-,27+,28-,29-,30-,31+/m0/s1. The van der Waals surface area contributed by atoms with Crippen molar-refractivity contribution in [3.05, 3.63) is 10.4 Å².